The van der Waals surface area contributed by atoms with Crippen molar-refractivity contribution in [1.82, 2.24) is 4.90 Å². The molecule has 7 heteroatoms. The number of hydrogen-bond acceptors (Lipinski definition) is 4. The van der Waals surface area contributed by atoms with Gasteiger partial charge in [-0.25, -0.2) is 9.69 Å². The van der Waals surface area contributed by atoms with Gasteiger partial charge < -0.3 is 10.0 Å². The third-order valence-electron chi connectivity index (χ3n) is 4.23. The van der Waals surface area contributed by atoms with Crippen molar-refractivity contribution < 1.29 is 14.7 Å². The van der Waals surface area contributed by atoms with Gasteiger partial charge in [0.25, 0.3) is 5.91 Å². The van der Waals surface area contributed by atoms with Crippen molar-refractivity contribution in [3.63, 3.8) is 0 Å². The highest BCUT2D eigenvalue weighted by molar-refractivity contribution is 6.33. The Morgan fingerprint density at radius 2 is 2.14 bits per heavy atom. The normalized spacial score (nSPS) is 24.5. The third-order valence-corrected chi connectivity index (χ3v) is 4.72. The number of nitriles is 1. The second-order valence-corrected chi connectivity index (χ2v) is 5.87. The molecule has 1 aromatic carbocycles. The second-order valence-electron chi connectivity index (χ2n) is 5.49. The predicted octanol–water partition coefficient (Wildman–Crippen LogP) is 1.81. The van der Waals surface area contributed by atoms with Crippen LogP contribution in [0.25, 0.3) is 0 Å². The van der Waals surface area contributed by atoms with E-state index in [-0.39, 0.29) is 5.02 Å². The number of carbonyl (C=O) groups is 2. The Morgan fingerprint density at radius 1 is 1.41 bits per heavy atom. The van der Waals surface area contributed by atoms with Crippen molar-refractivity contribution >= 4 is 29.2 Å². The molecule has 1 aromatic rings. The summed E-state index contributed by atoms with van der Waals surface area (Å²) in [5.41, 5.74) is 1.15. The molecule has 0 unspecified atom stereocenters. The molecular formula is C15H14ClN3O3. The third kappa shape index (κ3) is 1.97. The Hall–Kier alpha value is -2.10. The minimum atomic E-state index is -0.843. The summed E-state index contributed by atoms with van der Waals surface area (Å²) in [6, 6.07) is 3.72. The number of imide groups is 1. The van der Waals surface area contributed by atoms with E-state index in [1.54, 1.807) is 13.0 Å². The van der Waals surface area contributed by atoms with E-state index >= 15 is 0 Å². The average Bonchev–Trinajstić information content (AvgIpc) is 2.75. The Kier molecular flexibility index (Phi) is 3.55. The predicted molar refractivity (Wildman–Crippen MR) is 79.5 cm³/mol. The van der Waals surface area contributed by atoms with Crippen LogP contribution in [-0.2, 0) is 4.79 Å². The number of rotatable bonds is 1. The molecule has 3 amide bonds. The standard InChI is InChI=1S/C15H14ClN3O3/c1-8-10(5-4-9(7-17)12(8)16)19-14(21)13-11(20)3-2-6-18(13)15(19)22/h4-5,11,13,20H,2-3,6H2,1H3/t11-,13+/m0/s1. The molecule has 3 rings (SSSR count). The van der Waals surface area contributed by atoms with Crippen LogP contribution in [0.4, 0.5) is 10.5 Å². The lowest BCUT2D eigenvalue weighted by Gasteiger charge is -2.30. The molecule has 1 N–H and O–H groups in total. The first-order valence-corrected chi connectivity index (χ1v) is 7.37. The SMILES string of the molecule is Cc1c(N2C(=O)[C@H]3[C@@H](O)CCCN3C2=O)ccc(C#N)c1Cl. The topological polar surface area (TPSA) is 84.6 Å². The average molecular weight is 320 g/mol. The molecule has 0 spiro atoms. The minimum absolute atomic E-state index is 0.228. The molecule has 0 bridgehead atoms. The van der Waals surface area contributed by atoms with E-state index in [0.717, 1.165) is 4.90 Å². The van der Waals surface area contributed by atoms with E-state index < -0.39 is 24.1 Å². The number of carbonyl (C=O) groups excluding carboxylic acids is 2. The zero-order valence-electron chi connectivity index (χ0n) is 11.9. The number of benzene rings is 1. The molecule has 0 radical (unpaired) electrons. The van der Waals surface area contributed by atoms with Crippen LogP contribution in [-0.4, -0.2) is 40.6 Å². The summed E-state index contributed by atoms with van der Waals surface area (Å²) in [4.78, 5) is 27.6. The van der Waals surface area contributed by atoms with E-state index in [0.29, 0.717) is 36.2 Å². The molecule has 2 heterocycles. The van der Waals surface area contributed by atoms with Gasteiger partial charge in [0.2, 0.25) is 0 Å². The number of anilines is 1. The molecule has 2 atom stereocenters. The van der Waals surface area contributed by atoms with Crippen molar-refractivity contribution in [2.24, 2.45) is 0 Å². The summed E-state index contributed by atoms with van der Waals surface area (Å²) in [5.74, 6) is -0.443. The van der Waals surface area contributed by atoms with Crippen molar-refractivity contribution in [3.8, 4) is 6.07 Å². The number of aliphatic hydroxyl groups excluding tert-OH is 1. The summed E-state index contributed by atoms with van der Waals surface area (Å²) in [6.07, 6.45) is 0.322. The highest BCUT2D eigenvalue weighted by atomic mass is 35.5. The molecule has 2 aliphatic rings. The van der Waals surface area contributed by atoms with Crippen LogP contribution in [0.5, 0.6) is 0 Å². The summed E-state index contributed by atoms with van der Waals surface area (Å²) < 4.78 is 0. The molecule has 2 fully saturated rings. The number of fused-ring (bicyclic) bond motifs is 1. The monoisotopic (exact) mass is 319 g/mol. The number of nitrogens with zero attached hydrogens (tertiary/aromatic N) is 3. The van der Waals surface area contributed by atoms with Gasteiger partial charge in [0.1, 0.15) is 12.1 Å². The lowest BCUT2D eigenvalue weighted by atomic mass is 10.00. The maximum absolute atomic E-state index is 12.6. The van der Waals surface area contributed by atoms with Gasteiger partial charge in [0, 0.05) is 6.54 Å². The highest BCUT2D eigenvalue weighted by Gasteiger charge is 2.50. The molecular weight excluding hydrogens is 306 g/mol. The molecule has 114 valence electrons. The number of urea groups is 1. The Balaban J connectivity index is 2.06. The van der Waals surface area contributed by atoms with Crippen LogP contribution < -0.4 is 4.90 Å². The largest absolute Gasteiger partial charge is 0.390 e. The maximum atomic E-state index is 12.6. The van der Waals surface area contributed by atoms with Crippen LogP contribution in [0.3, 0.4) is 0 Å². The Bertz CT molecular complexity index is 713. The summed E-state index contributed by atoms with van der Waals surface area (Å²) in [7, 11) is 0. The number of hydrogen-bond donors (Lipinski definition) is 1. The molecule has 2 aliphatic heterocycles. The first-order valence-electron chi connectivity index (χ1n) is 6.99. The van der Waals surface area contributed by atoms with Gasteiger partial charge in [-0.1, -0.05) is 11.6 Å². The fourth-order valence-corrected chi connectivity index (χ4v) is 3.27. The van der Waals surface area contributed by atoms with Crippen molar-refractivity contribution in [3.05, 3.63) is 28.3 Å². The van der Waals surface area contributed by atoms with E-state index in [2.05, 4.69) is 0 Å². The molecule has 0 aromatic heterocycles. The van der Waals surface area contributed by atoms with Gasteiger partial charge in [0.15, 0.2) is 0 Å². The zero-order valence-corrected chi connectivity index (χ0v) is 12.7. The van der Waals surface area contributed by atoms with Crippen molar-refractivity contribution in [1.29, 1.82) is 5.26 Å². The van der Waals surface area contributed by atoms with Crippen LogP contribution in [0, 0.1) is 18.3 Å². The van der Waals surface area contributed by atoms with E-state index in [1.165, 1.54) is 11.0 Å². The first kappa shape index (κ1) is 14.8. The van der Waals surface area contributed by atoms with Gasteiger partial charge in [-0.3, -0.25) is 4.79 Å². The summed E-state index contributed by atoms with van der Waals surface area (Å²) in [5, 5.41) is 19.2. The van der Waals surface area contributed by atoms with Gasteiger partial charge in [-0.2, -0.15) is 5.26 Å². The minimum Gasteiger partial charge on any atom is -0.390 e. The molecule has 0 saturated carbocycles. The van der Waals surface area contributed by atoms with Gasteiger partial charge in [-0.05, 0) is 37.5 Å². The van der Waals surface area contributed by atoms with Gasteiger partial charge in [-0.15, -0.1) is 0 Å². The molecule has 6 nitrogen and oxygen atoms in total. The lowest BCUT2D eigenvalue weighted by molar-refractivity contribution is -0.124. The number of piperidine rings is 1. The number of amides is 3. The van der Waals surface area contributed by atoms with Gasteiger partial charge in [0.05, 0.1) is 22.4 Å². The highest BCUT2D eigenvalue weighted by Crippen LogP contribution is 2.35. The van der Waals surface area contributed by atoms with E-state index in [1.807, 2.05) is 6.07 Å². The Labute approximate surface area is 132 Å². The van der Waals surface area contributed by atoms with Crippen LogP contribution in [0.2, 0.25) is 5.02 Å². The fraction of sp³-hybridized carbons (Fsp3) is 0.400. The van der Waals surface area contributed by atoms with Crippen LogP contribution in [0.15, 0.2) is 12.1 Å². The fourth-order valence-electron chi connectivity index (χ4n) is 3.07. The number of aliphatic hydroxyl groups is 1. The molecule has 22 heavy (non-hydrogen) atoms. The molecule has 2 saturated heterocycles. The van der Waals surface area contributed by atoms with Crippen LogP contribution >= 0.6 is 11.6 Å². The summed E-state index contributed by atoms with van der Waals surface area (Å²) >= 11 is 6.12. The quantitative estimate of drug-likeness (QED) is 0.800. The lowest BCUT2D eigenvalue weighted by Crippen LogP contribution is -2.48. The maximum Gasteiger partial charge on any atom is 0.332 e. The summed E-state index contributed by atoms with van der Waals surface area (Å²) in [6.45, 7) is 2.11. The smallest absolute Gasteiger partial charge is 0.332 e. The second kappa shape index (κ2) is 5.27. The zero-order chi connectivity index (χ0) is 16.0. The van der Waals surface area contributed by atoms with E-state index in [4.69, 9.17) is 16.9 Å². The number of halogens is 1. The van der Waals surface area contributed by atoms with Crippen molar-refractivity contribution in [2.45, 2.75) is 31.9 Å². The molecule has 0 aliphatic carbocycles. The van der Waals surface area contributed by atoms with E-state index in [9.17, 15) is 14.7 Å². The van der Waals surface area contributed by atoms with Crippen molar-refractivity contribution in [2.75, 3.05) is 11.4 Å². The Morgan fingerprint density at radius 3 is 2.77 bits per heavy atom. The van der Waals surface area contributed by atoms with Gasteiger partial charge >= 0.3 is 6.03 Å². The van der Waals surface area contributed by atoms with Crippen LogP contribution in [0.1, 0.15) is 24.0 Å². The first-order chi connectivity index (χ1) is 10.5.